The lowest BCUT2D eigenvalue weighted by atomic mass is 9.92. The Morgan fingerprint density at radius 2 is 2.00 bits per heavy atom. The molecule has 4 N–H and O–H groups in total. The fourth-order valence-corrected chi connectivity index (χ4v) is 1.90. The summed E-state index contributed by atoms with van der Waals surface area (Å²) >= 11 is 0. The van der Waals surface area contributed by atoms with Crippen LogP contribution in [0.4, 0.5) is 18.0 Å². The number of nitrogens with two attached hydrogens (primary N) is 2. The van der Waals surface area contributed by atoms with Crippen molar-refractivity contribution >= 4 is 6.03 Å². The molecule has 1 fully saturated rings. The van der Waals surface area contributed by atoms with Gasteiger partial charge in [0.15, 0.2) is 0 Å². The quantitative estimate of drug-likeness (QED) is 0.688. The number of carbonyl (C=O) groups is 1. The number of alkyl halides is 3. The summed E-state index contributed by atoms with van der Waals surface area (Å²) in [6, 6.07) is -1.13. The van der Waals surface area contributed by atoms with E-state index in [1.54, 1.807) is 0 Å². The van der Waals surface area contributed by atoms with Crippen LogP contribution in [-0.2, 0) is 0 Å². The predicted molar refractivity (Wildman–Crippen MR) is 47.9 cm³/mol. The van der Waals surface area contributed by atoms with Gasteiger partial charge in [0.2, 0.25) is 0 Å². The predicted octanol–water partition coefficient (Wildman–Crippen LogP) is 0.667. The molecular weight excluding hydrogens is 211 g/mol. The minimum Gasteiger partial charge on any atom is -0.351 e. The molecule has 15 heavy (non-hydrogen) atoms. The van der Waals surface area contributed by atoms with Crippen molar-refractivity contribution in [3.63, 3.8) is 0 Å². The van der Waals surface area contributed by atoms with Crippen LogP contribution in [0.3, 0.4) is 0 Å². The first kappa shape index (κ1) is 12.1. The molecule has 1 rings (SSSR count). The van der Waals surface area contributed by atoms with E-state index in [1.165, 1.54) is 4.90 Å². The summed E-state index contributed by atoms with van der Waals surface area (Å²) in [4.78, 5) is 12.0. The van der Waals surface area contributed by atoms with Gasteiger partial charge in [-0.15, -0.1) is 0 Å². The van der Waals surface area contributed by atoms with E-state index in [1.807, 2.05) is 0 Å². The third-order valence-electron chi connectivity index (χ3n) is 2.40. The van der Waals surface area contributed by atoms with Crippen molar-refractivity contribution in [2.75, 3.05) is 13.1 Å². The highest BCUT2D eigenvalue weighted by Crippen LogP contribution is 2.29. The summed E-state index contributed by atoms with van der Waals surface area (Å²) in [7, 11) is 0. The first-order chi connectivity index (χ1) is 6.78. The van der Waals surface area contributed by atoms with Gasteiger partial charge in [0.1, 0.15) is 0 Å². The molecule has 2 unspecified atom stereocenters. The molecule has 4 nitrogen and oxygen atoms in total. The van der Waals surface area contributed by atoms with Crippen molar-refractivity contribution in [2.45, 2.75) is 25.1 Å². The first-order valence-electron chi connectivity index (χ1n) is 4.64. The summed E-state index contributed by atoms with van der Waals surface area (Å²) in [5, 5.41) is 0. The molecule has 0 bridgehead atoms. The van der Waals surface area contributed by atoms with Gasteiger partial charge in [0.25, 0.3) is 0 Å². The molecule has 88 valence electrons. The number of nitrogens with zero attached hydrogens (tertiary/aromatic N) is 1. The van der Waals surface area contributed by atoms with Crippen molar-refractivity contribution < 1.29 is 18.0 Å². The fourth-order valence-electron chi connectivity index (χ4n) is 1.90. The molecule has 7 heteroatoms. The third kappa shape index (κ3) is 3.94. The van der Waals surface area contributed by atoms with Crippen molar-refractivity contribution in [1.82, 2.24) is 4.90 Å². The van der Waals surface area contributed by atoms with Crippen LogP contribution in [0.1, 0.15) is 12.8 Å². The molecule has 0 radical (unpaired) electrons. The molecule has 1 aliphatic rings. The van der Waals surface area contributed by atoms with E-state index >= 15 is 0 Å². The number of primary amides is 1. The maximum absolute atomic E-state index is 12.1. The Bertz CT molecular complexity index is 244. The van der Waals surface area contributed by atoms with Gasteiger partial charge in [-0.05, 0) is 12.3 Å². The molecule has 1 heterocycles. The van der Waals surface area contributed by atoms with E-state index in [2.05, 4.69) is 0 Å². The van der Waals surface area contributed by atoms with Crippen molar-refractivity contribution in [1.29, 1.82) is 0 Å². The second-order valence-electron chi connectivity index (χ2n) is 3.92. The van der Waals surface area contributed by atoms with Gasteiger partial charge in [-0.2, -0.15) is 13.2 Å². The lowest BCUT2D eigenvalue weighted by Crippen LogP contribution is -2.51. The van der Waals surface area contributed by atoms with Crippen molar-refractivity contribution in [3.05, 3.63) is 0 Å². The van der Waals surface area contributed by atoms with E-state index in [9.17, 15) is 18.0 Å². The summed E-state index contributed by atoms with van der Waals surface area (Å²) in [5.74, 6) is -0.638. The minimum absolute atomic E-state index is 0.0442. The van der Waals surface area contributed by atoms with Crippen molar-refractivity contribution in [3.8, 4) is 0 Å². The number of hydrogen-bond acceptors (Lipinski definition) is 2. The zero-order valence-corrected chi connectivity index (χ0v) is 8.13. The molecule has 0 aliphatic carbocycles. The third-order valence-corrected chi connectivity index (χ3v) is 2.40. The van der Waals surface area contributed by atoms with Gasteiger partial charge in [-0.25, -0.2) is 4.79 Å². The highest BCUT2D eigenvalue weighted by molar-refractivity contribution is 5.72. The number of halogens is 3. The molecular formula is C8H14F3N3O. The van der Waals surface area contributed by atoms with Gasteiger partial charge in [-0.3, -0.25) is 0 Å². The molecule has 1 saturated heterocycles. The minimum atomic E-state index is -4.22. The number of rotatable bonds is 1. The highest BCUT2D eigenvalue weighted by atomic mass is 19.4. The molecule has 0 aromatic rings. The second kappa shape index (κ2) is 4.26. The monoisotopic (exact) mass is 225 g/mol. The topological polar surface area (TPSA) is 72.4 Å². The van der Waals surface area contributed by atoms with Crippen LogP contribution < -0.4 is 11.5 Å². The van der Waals surface area contributed by atoms with Crippen LogP contribution in [0.25, 0.3) is 0 Å². The fraction of sp³-hybridized carbons (Fsp3) is 0.875. The summed E-state index contributed by atoms with van der Waals surface area (Å²) in [6.45, 7) is 0.284. The van der Waals surface area contributed by atoms with E-state index in [4.69, 9.17) is 11.5 Å². The smallest absolute Gasteiger partial charge is 0.351 e. The molecule has 2 atom stereocenters. The number of likely N-dealkylation sites (tertiary alicyclic amines) is 1. The SMILES string of the molecule is NC(=O)N1CC(N)CC(CC(F)(F)F)C1. The lowest BCUT2D eigenvalue weighted by molar-refractivity contribution is -0.147. The van der Waals surface area contributed by atoms with Crippen LogP contribution in [0.2, 0.25) is 0 Å². The number of carbonyl (C=O) groups excluding carboxylic acids is 1. The maximum Gasteiger partial charge on any atom is 0.389 e. The van der Waals surface area contributed by atoms with Crippen LogP contribution >= 0.6 is 0 Å². The van der Waals surface area contributed by atoms with Gasteiger partial charge in [0, 0.05) is 25.6 Å². The van der Waals surface area contributed by atoms with Crippen molar-refractivity contribution in [2.24, 2.45) is 17.4 Å². The number of urea groups is 1. The Labute approximate surface area is 85.4 Å². The van der Waals surface area contributed by atoms with Crippen LogP contribution in [-0.4, -0.2) is 36.2 Å². The number of amides is 2. The number of hydrogen-bond donors (Lipinski definition) is 2. The molecule has 0 saturated carbocycles. The van der Waals surface area contributed by atoms with E-state index in [0.29, 0.717) is 0 Å². The number of piperidine rings is 1. The van der Waals surface area contributed by atoms with Gasteiger partial charge in [0.05, 0.1) is 0 Å². The Morgan fingerprint density at radius 3 is 2.47 bits per heavy atom. The average molecular weight is 225 g/mol. The summed E-state index contributed by atoms with van der Waals surface area (Å²) in [5.41, 5.74) is 10.6. The van der Waals surface area contributed by atoms with Crippen LogP contribution in [0.15, 0.2) is 0 Å². The Morgan fingerprint density at radius 1 is 1.40 bits per heavy atom. The lowest BCUT2D eigenvalue weighted by Gasteiger charge is -2.35. The Hall–Kier alpha value is -0.980. The largest absolute Gasteiger partial charge is 0.389 e. The molecule has 0 spiro atoms. The first-order valence-corrected chi connectivity index (χ1v) is 4.64. The van der Waals surface area contributed by atoms with E-state index in [-0.39, 0.29) is 19.5 Å². The standard InChI is InChI=1S/C8H14F3N3O/c9-8(10,11)2-5-1-6(12)4-14(3-5)7(13)15/h5-6H,1-4,12H2,(H2,13,15). The summed E-state index contributed by atoms with van der Waals surface area (Å²) in [6.07, 6.45) is -4.85. The highest BCUT2D eigenvalue weighted by Gasteiger charge is 2.36. The molecule has 0 aromatic heterocycles. The molecule has 0 aromatic carbocycles. The van der Waals surface area contributed by atoms with Gasteiger partial charge in [-0.1, -0.05) is 0 Å². The average Bonchev–Trinajstić information content (AvgIpc) is 1.99. The Balaban J connectivity index is 2.56. The van der Waals surface area contributed by atoms with Crippen LogP contribution in [0, 0.1) is 5.92 Å². The molecule has 2 amide bonds. The molecule has 1 aliphatic heterocycles. The summed E-state index contributed by atoms with van der Waals surface area (Å²) < 4.78 is 36.4. The Kier molecular flexibility index (Phi) is 3.43. The van der Waals surface area contributed by atoms with Gasteiger partial charge >= 0.3 is 12.2 Å². The zero-order chi connectivity index (χ0) is 11.6. The zero-order valence-electron chi connectivity index (χ0n) is 8.13. The maximum atomic E-state index is 12.1. The van der Waals surface area contributed by atoms with Gasteiger partial charge < -0.3 is 16.4 Å². The van der Waals surface area contributed by atoms with E-state index in [0.717, 1.165) is 0 Å². The normalized spacial score (nSPS) is 27.9. The van der Waals surface area contributed by atoms with Crippen LogP contribution in [0.5, 0.6) is 0 Å². The second-order valence-corrected chi connectivity index (χ2v) is 3.92. The van der Waals surface area contributed by atoms with E-state index < -0.39 is 30.6 Å².